The Kier molecular flexibility index (Phi) is 4.86. The molecule has 1 unspecified atom stereocenters. The third kappa shape index (κ3) is 3.50. The van der Waals surface area contributed by atoms with Gasteiger partial charge < -0.3 is 10.3 Å². The molecule has 0 saturated heterocycles. The summed E-state index contributed by atoms with van der Waals surface area (Å²) in [7, 11) is 0. The first-order valence-electron chi connectivity index (χ1n) is 6.32. The van der Waals surface area contributed by atoms with Crippen LogP contribution in [0.5, 0.6) is 0 Å². The zero-order chi connectivity index (χ0) is 13.8. The van der Waals surface area contributed by atoms with Crippen LogP contribution in [0.25, 0.3) is 0 Å². The Balaban J connectivity index is 2.18. The van der Waals surface area contributed by atoms with Crippen molar-refractivity contribution in [1.82, 2.24) is 9.55 Å². The molecule has 1 atom stereocenters. The highest BCUT2D eigenvalue weighted by atomic mass is 35.5. The Morgan fingerprint density at radius 2 is 2.16 bits per heavy atom. The number of hydrogen-bond acceptors (Lipinski definition) is 2. The van der Waals surface area contributed by atoms with Crippen molar-refractivity contribution >= 4 is 23.2 Å². The summed E-state index contributed by atoms with van der Waals surface area (Å²) in [5.74, 6) is 0.977. The van der Waals surface area contributed by atoms with Crippen molar-refractivity contribution in [1.29, 1.82) is 0 Å². The van der Waals surface area contributed by atoms with E-state index in [-0.39, 0.29) is 6.04 Å². The van der Waals surface area contributed by atoms with Gasteiger partial charge in [-0.1, -0.05) is 30.1 Å². The van der Waals surface area contributed by atoms with Crippen LogP contribution >= 0.6 is 23.2 Å². The summed E-state index contributed by atoms with van der Waals surface area (Å²) in [6, 6.07) is 5.15. The molecule has 3 nitrogen and oxygen atoms in total. The summed E-state index contributed by atoms with van der Waals surface area (Å²) in [6.07, 6.45) is 5.49. The van der Waals surface area contributed by atoms with Crippen LogP contribution in [0.15, 0.2) is 30.6 Å². The van der Waals surface area contributed by atoms with Crippen LogP contribution in [0.4, 0.5) is 0 Å². The molecule has 1 aromatic carbocycles. The number of imidazole rings is 1. The molecule has 0 aliphatic heterocycles. The van der Waals surface area contributed by atoms with Gasteiger partial charge in [-0.25, -0.2) is 4.98 Å². The lowest BCUT2D eigenvalue weighted by Gasteiger charge is -2.15. The lowest BCUT2D eigenvalue weighted by Crippen LogP contribution is -2.17. The predicted molar refractivity (Wildman–Crippen MR) is 79.6 cm³/mol. The van der Waals surface area contributed by atoms with Crippen LogP contribution in [-0.4, -0.2) is 9.55 Å². The number of aromatic nitrogens is 2. The molecule has 1 heterocycles. The van der Waals surface area contributed by atoms with Crippen LogP contribution < -0.4 is 5.73 Å². The highest BCUT2D eigenvalue weighted by molar-refractivity contribution is 6.33. The van der Waals surface area contributed by atoms with E-state index in [0.717, 1.165) is 24.4 Å². The van der Waals surface area contributed by atoms with Crippen molar-refractivity contribution in [3.05, 3.63) is 52.0 Å². The van der Waals surface area contributed by atoms with Crippen molar-refractivity contribution in [2.24, 2.45) is 5.73 Å². The van der Waals surface area contributed by atoms with Gasteiger partial charge in [0, 0.05) is 41.4 Å². The summed E-state index contributed by atoms with van der Waals surface area (Å²) in [5.41, 5.74) is 7.09. The Bertz CT molecular complexity index is 551. The minimum Gasteiger partial charge on any atom is -0.335 e. The molecular weight excluding hydrogens is 281 g/mol. The van der Waals surface area contributed by atoms with Crippen LogP contribution in [0, 0.1) is 0 Å². The highest BCUT2D eigenvalue weighted by Gasteiger charge is 2.14. The summed E-state index contributed by atoms with van der Waals surface area (Å²) in [5, 5.41) is 1.29. The molecule has 0 spiro atoms. The van der Waals surface area contributed by atoms with E-state index in [2.05, 4.69) is 16.5 Å². The Labute approximate surface area is 123 Å². The zero-order valence-electron chi connectivity index (χ0n) is 10.8. The van der Waals surface area contributed by atoms with E-state index < -0.39 is 0 Å². The quantitative estimate of drug-likeness (QED) is 0.911. The monoisotopic (exact) mass is 297 g/mol. The van der Waals surface area contributed by atoms with Gasteiger partial charge in [0.2, 0.25) is 0 Å². The molecule has 102 valence electrons. The van der Waals surface area contributed by atoms with Gasteiger partial charge in [-0.05, 0) is 30.2 Å². The number of halogens is 2. The first-order chi connectivity index (χ1) is 9.11. The van der Waals surface area contributed by atoms with Gasteiger partial charge in [0.1, 0.15) is 5.82 Å². The van der Waals surface area contributed by atoms with E-state index in [0.29, 0.717) is 16.5 Å². The van der Waals surface area contributed by atoms with Gasteiger partial charge >= 0.3 is 0 Å². The minimum absolute atomic E-state index is 0.204. The van der Waals surface area contributed by atoms with E-state index in [4.69, 9.17) is 28.9 Å². The Morgan fingerprint density at radius 3 is 2.89 bits per heavy atom. The number of aryl methyl sites for hydroxylation is 1. The van der Waals surface area contributed by atoms with Crippen LogP contribution in [0.2, 0.25) is 10.0 Å². The van der Waals surface area contributed by atoms with Crippen molar-refractivity contribution in [2.45, 2.75) is 32.4 Å². The van der Waals surface area contributed by atoms with Crippen molar-refractivity contribution in [3.63, 3.8) is 0 Å². The smallest absolute Gasteiger partial charge is 0.110 e. The molecule has 19 heavy (non-hydrogen) atoms. The van der Waals surface area contributed by atoms with Gasteiger partial charge in [0.15, 0.2) is 0 Å². The maximum Gasteiger partial charge on any atom is 0.110 e. The largest absolute Gasteiger partial charge is 0.335 e. The third-order valence-corrected chi connectivity index (χ3v) is 3.61. The number of benzene rings is 1. The molecule has 2 rings (SSSR count). The fraction of sp³-hybridized carbons (Fsp3) is 0.357. The SMILES string of the molecule is CCCn1ccnc1CC(N)c1cc(Cl)ccc1Cl. The summed E-state index contributed by atoms with van der Waals surface area (Å²) in [6.45, 7) is 3.09. The summed E-state index contributed by atoms with van der Waals surface area (Å²) in [4.78, 5) is 4.36. The topological polar surface area (TPSA) is 43.8 Å². The van der Waals surface area contributed by atoms with Gasteiger partial charge in [-0.15, -0.1) is 0 Å². The Morgan fingerprint density at radius 1 is 1.37 bits per heavy atom. The maximum absolute atomic E-state index is 6.22. The second-order valence-corrected chi connectivity index (χ2v) is 5.36. The van der Waals surface area contributed by atoms with Crippen LogP contribution in [-0.2, 0) is 13.0 Å². The number of hydrogen-bond donors (Lipinski definition) is 1. The summed E-state index contributed by atoms with van der Waals surface area (Å²) >= 11 is 12.2. The van der Waals surface area contributed by atoms with Crippen LogP contribution in [0.1, 0.15) is 30.8 Å². The molecule has 2 N–H and O–H groups in total. The molecule has 0 fully saturated rings. The lowest BCUT2D eigenvalue weighted by atomic mass is 10.0. The highest BCUT2D eigenvalue weighted by Crippen LogP contribution is 2.26. The molecule has 1 aromatic heterocycles. The molecule has 0 radical (unpaired) electrons. The molecule has 0 aliphatic carbocycles. The second-order valence-electron chi connectivity index (χ2n) is 4.51. The second kappa shape index (κ2) is 6.42. The molecular formula is C14H17Cl2N3. The molecule has 0 saturated carbocycles. The van der Waals surface area contributed by atoms with Gasteiger partial charge in [-0.2, -0.15) is 0 Å². The number of nitrogens with two attached hydrogens (primary N) is 1. The first kappa shape index (κ1) is 14.4. The third-order valence-electron chi connectivity index (χ3n) is 3.03. The molecule has 5 heteroatoms. The maximum atomic E-state index is 6.22. The van der Waals surface area contributed by atoms with E-state index in [1.165, 1.54) is 0 Å². The fourth-order valence-electron chi connectivity index (χ4n) is 2.08. The van der Waals surface area contributed by atoms with E-state index in [1.54, 1.807) is 18.3 Å². The normalized spacial score (nSPS) is 12.6. The average molecular weight is 298 g/mol. The number of nitrogens with zero attached hydrogens (tertiary/aromatic N) is 2. The fourth-order valence-corrected chi connectivity index (χ4v) is 2.52. The number of rotatable bonds is 5. The molecule has 0 aliphatic rings. The first-order valence-corrected chi connectivity index (χ1v) is 7.08. The van der Waals surface area contributed by atoms with Gasteiger partial charge in [-0.3, -0.25) is 0 Å². The minimum atomic E-state index is -0.204. The zero-order valence-corrected chi connectivity index (χ0v) is 12.3. The average Bonchev–Trinajstić information content (AvgIpc) is 2.80. The van der Waals surface area contributed by atoms with Crippen LogP contribution in [0.3, 0.4) is 0 Å². The molecule has 2 aromatic rings. The van der Waals surface area contributed by atoms with Gasteiger partial charge in [0.05, 0.1) is 0 Å². The van der Waals surface area contributed by atoms with Gasteiger partial charge in [0.25, 0.3) is 0 Å². The van der Waals surface area contributed by atoms with E-state index >= 15 is 0 Å². The predicted octanol–water partition coefficient (Wildman–Crippen LogP) is 3.84. The van der Waals surface area contributed by atoms with E-state index in [9.17, 15) is 0 Å². The Hall–Kier alpha value is -1.03. The van der Waals surface area contributed by atoms with E-state index in [1.807, 2.05) is 12.3 Å². The molecule has 0 amide bonds. The molecule has 0 bridgehead atoms. The van der Waals surface area contributed by atoms with Crippen molar-refractivity contribution < 1.29 is 0 Å². The lowest BCUT2D eigenvalue weighted by molar-refractivity contribution is 0.599. The standard InChI is InChI=1S/C14H17Cl2N3/c1-2-6-19-7-5-18-14(19)9-13(17)11-8-10(15)3-4-12(11)16/h3-5,7-8,13H,2,6,9,17H2,1H3. The van der Waals surface area contributed by atoms with Crippen molar-refractivity contribution in [3.8, 4) is 0 Å². The summed E-state index contributed by atoms with van der Waals surface area (Å²) < 4.78 is 2.12. The van der Waals surface area contributed by atoms with Crippen molar-refractivity contribution in [2.75, 3.05) is 0 Å².